The Morgan fingerprint density at radius 3 is 2.08 bits per heavy atom. The van der Waals surface area contributed by atoms with Crippen molar-refractivity contribution >= 4 is 51.6 Å². The Balaban J connectivity index is 1.41. The molecular weight excluding hydrogens is 664 g/mol. The number of aromatic nitrogens is 2. The fourth-order valence-corrected chi connectivity index (χ4v) is 8.20. The number of anilines is 2. The summed E-state index contributed by atoms with van der Waals surface area (Å²) < 4.78 is 8.81. The standard InChI is InChI=1S/C40H43ClN6O2S/c1-6-11-16-36-42-37(41)33-23-26(21-22-46(33)36)38(48)43-47-39(50)29-14-12-13-15-30(29)40(47)31-19-17-27(44(7-2)8-3)24-34(31)49-35-25-28(18-20-32(35)40)45(9-4)10-5/h12-15,17-25H,6-11,16H2,1-5H3,(H,43,48). The number of fused-ring (bicyclic) bond motifs is 7. The van der Waals surface area contributed by atoms with Crippen LogP contribution in [0.1, 0.15) is 85.9 Å². The molecule has 10 heteroatoms. The first kappa shape index (κ1) is 33.9. The molecule has 0 unspecified atom stereocenters. The summed E-state index contributed by atoms with van der Waals surface area (Å²) in [6.07, 6.45) is 4.75. The number of unbranched alkanes of at least 4 members (excludes halogenated alkanes) is 1. The number of aryl methyl sites for hydroxylation is 1. The molecule has 5 aromatic rings. The third-order valence-electron chi connectivity index (χ3n) is 10.2. The fraction of sp³-hybridized carbons (Fsp3) is 0.325. The van der Waals surface area contributed by atoms with Gasteiger partial charge in [0.25, 0.3) is 5.91 Å². The Labute approximate surface area is 304 Å². The third-order valence-corrected chi connectivity index (χ3v) is 10.9. The van der Waals surface area contributed by atoms with Crippen LogP contribution < -0.4 is 20.0 Å². The summed E-state index contributed by atoms with van der Waals surface area (Å²) in [6.45, 7) is 14.2. The van der Waals surface area contributed by atoms with Crippen LogP contribution in [0.15, 0.2) is 79.0 Å². The first-order valence-electron chi connectivity index (χ1n) is 17.7. The molecule has 0 atom stereocenters. The van der Waals surface area contributed by atoms with Crippen molar-refractivity contribution < 1.29 is 9.53 Å². The molecule has 8 nitrogen and oxygen atoms in total. The van der Waals surface area contributed by atoms with Crippen molar-refractivity contribution in [1.82, 2.24) is 19.8 Å². The Morgan fingerprint density at radius 1 is 0.860 bits per heavy atom. The number of ether oxygens (including phenoxy) is 1. The molecule has 2 aliphatic rings. The zero-order valence-electron chi connectivity index (χ0n) is 29.3. The van der Waals surface area contributed by atoms with Gasteiger partial charge in [-0.1, -0.05) is 73.6 Å². The summed E-state index contributed by atoms with van der Waals surface area (Å²) in [5, 5.41) is 2.25. The number of nitrogens with zero attached hydrogens (tertiary/aromatic N) is 5. The smallest absolute Gasteiger partial charge is 0.270 e. The fourth-order valence-electron chi connectivity index (χ4n) is 7.59. The van der Waals surface area contributed by atoms with Crippen LogP contribution in [0, 0.1) is 0 Å². The average molecular weight is 707 g/mol. The van der Waals surface area contributed by atoms with Gasteiger partial charge >= 0.3 is 0 Å². The number of halogens is 1. The van der Waals surface area contributed by atoms with E-state index in [1.54, 1.807) is 6.07 Å². The van der Waals surface area contributed by atoms with Crippen LogP contribution in [-0.2, 0) is 12.0 Å². The molecular formula is C40H43ClN6O2S. The maximum atomic E-state index is 14.4. The van der Waals surface area contributed by atoms with Crippen molar-refractivity contribution in [2.45, 2.75) is 59.4 Å². The SMILES string of the molecule is CCCCc1nc(Cl)c2cc(C(=O)NN3C(=S)c4ccccc4C34c3ccc(N(CC)CC)cc3Oc3cc(N(CC)CC)ccc34)ccn12. The second kappa shape index (κ2) is 13.6. The van der Waals surface area contributed by atoms with E-state index >= 15 is 0 Å². The number of amides is 1. The van der Waals surface area contributed by atoms with Gasteiger partial charge in [-0.25, -0.2) is 4.98 Å². The van der Waals surface area contributed by atoms with Gasteiger partial charge in [0, 0.05) is 84.6 Å². The monoisotopic (exact) mass is 706 g/mol. The number of rotatable bonds is 11. The normalized spacial score (nSPS) is 14.0. The predicted molar refractivity (Wildman–Crippen MR) is 206 cm³/mol. The van der Waals surface area contributed by atoms with Crippen LogP contribution in [0.4, 0.5) is 11.4 Å². The molecule has 0 aliphatic carbocycles. The van der Waals surface area contributed by atoms with Gasteiger partial charge in [0.1, 0.15) is 27.9 Å². The number of pyridine rings is 1. The molecule has 1 spiro atoms. The number of thiocarbonyl (C=S) groups is 1. The van der Waals surface area contributed by atoms with Crippen LogP contribution in [0.5, 0.6) is 11.5 Å². The number of nitrogens with one attached hydrogen (secondary N) is 1. The molecule has 2 aromatic heterocycles. The van der Waals surface area contributed by atoms with E-state index in [9.17, 15) is 4.79 Å². The zero-order chi connectivity index (χ0) is 35.2. The topological polar surface area (TPSA) is 65.4 Å². The van der Waals surface area contributed by atoms with Gasteiger partial charge in [0.05, 0.1) is 5.52 Å². The number of hydrogen-bond donors (Lipinski definition) is 1. The molecule has 0 saturated heterocycles. The maximum absolute atomic E-state index is 14.4. The lowest BCUT2D eigenvalue weighted by atomic mass is 9.75. The number of carbonyl (C=O) groups is 1. The zero-order valence-corrected chi connectivity index (χ0v) is 30.9. The second-order valence-electron chi connectivity index (χ2n) is 12.7. The Hall–Kier alpha value is -4.60. The third kappa shape index (κ3) is 5.29. The van der Waals surface area contributed by atoms with Crippen molar-refractivity contribution in [3.63, 3.8) is 0 Å². The Bertz CT molecular complexity index is 2040. The maximum Gasteiger partial charge on any atom is 0.270 e. The van der Waals surface area contributed by atoms with Gasteiger partial charge in [0.2, 0.25) is 0 Å². The number of carbonyl (C=O) groups excluding carboxylic acids is 1. The summed E-state index contributed by atoms with van der Waals surface area (Å²) in [7, 11) is 0. The van der Waals surface area contributed by atoms with Gasteiger partial charge < -0.3 is 18.9 Å². The van der Waals surface area contributed by atoms with Crippen molar-refractivity contribution in [3.05, 3.63) is 118 Å². The summed E-state index contributed by atoms with van der Waals surface area (Å²) in [4.78, 5) is 24.1. The van der Waals surface area contributed by atoms with Crippen molar-refractivity contribution in [2.75, 3.05) is 36.0 Å². The van der Waals surface area contributed by atoms with E-state index in [1.165, 1.54) is 0 Å². The largest absolute Gasteiger partial charge is 0.456 e. The second-order valence-corrected chi connectivity index (χ2v) is 13.5. The highest BCUT2D eigenvalue weighted by molar-refractivity contribution is 7.80. The number of hydrazine groups is 1. The highest BCUT2D eigenvalue weighted by Crippen LogP contribution is 2.58. The van der Waals surface area contributed by atoms with Crippen LogP contribution in [-0.4, -0.2) is 51.5 Å². The van der Waals surface area contributed by atoms with Gasteiger partial charge in [-0.15, -0.1) is 0 Å². The Morgan fingerprint density at radius 2 is 1.48 bits per heavy atom. The van der Waals surface area contributed by atoms with Gasteiger partial charge in [-0.3, -0.25) is 15.2 Å². The first-order chi connectivity index (χ1) is 24.3. The molecule has 0 saturated carbocycles. The molecule has 3 aromatic carbocycles. The molecule has 2 aliphatic heterocycles. The van der Waals surface area contributed by atoms with Crippen LogP contribution in [0.25, 0.3) is 5.52 Å². The molecule has 258 valence electrons. The summed E-state index contributed by atoms with van der Waals surface area (Å²) >= 11 is 12.9. The minimum atomic E-state index is -0.998. The molecule has 4 heterocycles. The predicted octanol–water partition coefficient (Wildman–Crippen LogP) is 8.76. The number of benzene rings is 3. The van der Waals surface area contributed by atoms with Crippen LogP contribution in [0.2, 0.25) is 5.15 Å². The summed E-state index contributed by atoms with van der Waals surface area (Å²) in [6, 6.07) is 24.6. The van der Waals surface area contributed by atoms with E-state index < -0.39 is 5.54 Å². The molecule has 0 radical (unpaired) electrons. The van der Waals surface area contributed by atoms with E-state index in [0.29, 0.717) is 21.2 Å². The van der Waals surface area contributed by atoms with E-state index in [1.807, 2.05) is 39.9 Å². The van der Waals surface area contributed by atoms with E-state index in [0.717, 1.165) is 96.4 Å². The highest BCUT2D eigenvalue weighted by atomic mass is 35.5. The number of imidazole rings is 1. The molecule has 0 bridgehead atoms. The summed E-state index contributed by atoms with van der Waals surface area (Å²) in [5.41, 5.74) is 9.25. The molecule has 1 amide bonds. The van der Waals surface area contributed by atoms with Gasteiger partial charge in [-0.05, 0) is 63.9 Å². The lowest BCUT2D eigenvalue weighted by molar-refractivity contribution is 0.0805. The van der Waals surface area contributed by atoms with Gasteiger partial charge in [0.15, 0.2) is 5.15 Å². The quantitative estimate of drug-likeness (QED) is 0.138. The highest BCUT2D eigenvalue weighted by Gasteiger charge is 2.56. The molecule has 0 fully saturated rings. The van der Waals surface area contributed by atoms with E-state index in [4.69, 9.17) is 28.6 Å². The van der Waals surface area contributed by atoms with Crippen molar-refractivity contribution in [2.24, 2.45) is 0 Å². The molecule has 7 rings (SSSR count). The molecule has 1 N–H and O–H groups in total. The van der Waals surface area contributed by atoms with E-state index in [2.05, 4.69) is 97.3 Å². The van der Waals surface area contributed by atoms with Gasteiger partial charge in [-0.2, -0.15) is 0 Å². The lowest BCUT2D eigenvalue weighted by Crippen LogP contribution is -2.55. The minimum absolute atomic E-state index is 0.302. The summed E-state index contributed by atoms with van der Waals surface area (Å²) in [5.74, 6) is 2.04. The number of hydrogen-bond acceptors (Lipinski definition) is 6. The first-order valence-corrected chi connectivity index (χ1v) is 18.5. The van der Waals surface area contributed by atoms with Crippen molar-refractivity contribution in [1.29, 1.82) is 0 Å². The minimum Gasteiger partial charge on any atom is -0.456 e. The van der Waals surface area contributed by atoms with Crippen LogP contribution >= 0.6 is 23.8 Å². The lowest BCUT2D eigenvalue weighted by Gasteiger charge is -2.45. The Kier molecular flexibility index (Phi) is 9.22. The van der Waals surface area contributed by atoms with Crippen LogP contribution in [0.3, 0.4) is 0 Å². The van der Waals surface area contributed by atoms with E-state index in [-0.39, 0.29) is 5.91 Å². The average Bonchev–Trinajstić information content (AvgIpc) is 3.58. The molecule has 50 heavy (non-hydrogen) atoms. The van der Waals surface area contributed by atoms with Crippen molar-refractivity contribution in [3.8, 4) is 11.5 Å².